The number of aromatic nitrogens is 3. The molecule has 0 saturated heterocycles. The van der Waals surface area contributed by atoms with Crippen LogP contribution in [0.1, 0.15) is 23.4 Å². The molecular weight excluding hydrogens is 496 g/mol. The maximum atomic E-state index is 10.6. The average molecular weight is 519 g/mol. The van der Waals surface area contributed by atoms with Gasteiger partial charge in [0.1, 0.15) is 5.69 Å². The number of alkyl halides is 6. The number of fused-ring (bicyclic) bond motifs is 1. The van der Waals surface area contributed by atoms with Gasteiger partial charge in [-0.05, 0) is 42.9 Å². The van der Waals surface area contributed by atoms with Crippen molar-refractivity contribution in [1.82, 2.24) is 24.8 Å². The number of aliphatic carboxylic acids is 2. The van der Waals surface area contributed by atoms with Gasteiger partial charge >= 0.3 is 24.3 Å². The van der Waals surface area contributed by atoms with Gasteiger partial charge in [0.2, 0.25) is 0 Å². The SMILES string of the molecule is CN(C)Cc1nnn2c1CN(Cc1ccsc1)CCC2.O=C(O)C(F)(F)F.O=C(O)C(F)(F)F. The Labute approximate surface area is 194 Å². The van der Waals surface area contributed by atoms with E-state index in [2.05, 4.69) is 55.7 Å². The lowest BCUT2D eigenvalue weighted by Gasteiger charge is -2.19. The van der Waals surface area contributed by atoms with Crippen LogP contribution < -0.4 is 0 Å². The maximum absolute atomic E-state index is 10.6. The van der Waals surface area contributed by atoms with Crippen LogP contribution >= 0.6 is 11.3 Å². The molecule has 1 aliphatic rings. The number of carboxylic acids is 2. The molecule has 0 atom stereocenters. The van der Waals surface area contributed by atoms with Gasteiger partial charge in [-0.2, -0.15) is 37.7 Å². The predicted molar refractivity (Wildman–Crippen MR) is 108 cm³/mol. The highest BCUT2D eigenvalue weighted by Gasteiger charge is 2.38. The van der Waals surface area contributed by atoms with Crippen molar-refractivity contribution in [2.24, 2.45) is 0 Å². The fraction of sp³-hybridized carbons (Fsp3) is 0.556. The molecule has 0 saturated carbocycles. The van der Waals surface area contributed by atoms with E-state index in [9.17, 15) is 26.3 Å². The lowest BCUT2D eigenvalue weighted by Crippen LogP contribution is -2.23. The zero-order chi connectivity index (χ0) is 26.1. The van der Waals surface area contributed by atoms with Crippen LogP contribution in [0.15, 0.2) is 16.8 Å². The van der Waals surface area contributed by atoms with Crippen LogP contribution in [-0.2, 0) is 35.8 Å². The Kier molecular flexibility index (Phi) is 10.9. The molecule has 1 aliphatic heterocycles. The van der Waals surface area contributed by atoms with Crippen molar-refractivity contribution in [2.75, 3.05) is 20.6 Å². The lowest BCUT2D eigenvalue weighted by atomic mass is 10.2. The quantitative estimate of drug-likeness (QED) is 0.593. The van der Waals surface area contributed by atoms with Crippen LogP contribution in [0.4, 0.5) is 26.3 Å². The van der Waals surface area contributed by atoms with Crippen LogP contribution in [0.2, 0.25) is 0 Å². The molecule has 0 aromatic carbocycles. The van der Waals surface area contributed by atoms with Gasteiger partial charge in [0.15, 0.2) is 0 Å². The number of hydrogen-bond donors (Lipinski definition) is 2. The third-order valence-corrected chi connectivity index (χ3v) is 4.81. The number of carboxylic acid groups (broad SMARTS) is 2. The summed E-state index contributed by atoms with van der Waals surface area (Å²) in [7, 11) is 4.15. The van der Waals surface area contributed by atoms with Gasteiger partial charge in [-0.15, -0.1) is 5.10 Å². The molecule has 0 aliphatic carbocycles. The van der Waals surface area contributed by atoms with Gasteiger partial charge in [-0.1, -0.05) is 5.21 Å². The van der Waals surface area contributed by atoms with E-state index in [4.69, 9.17) is 19.8 Å². The Hall–Kier alpha value is -2.72. The van der Waals surface area contributed by atoms with Crippen LogP contribution in [0.3, 0.4) is 0 Å². The van der Waals surface area contributed by atoms with Crippen LogP contribution in [0.25, 0.3) is 0 Å². The summed E-state index contributed by atoms with van der Waals surface area (Å²) >= 11 is 1.77. The number of hydrogen-bond acceptors (Lipinski definition) is 7. The number of halogens is 6. The largest absolute Gasteiger partial charge is 0.490 e. The first kappa shape index (κ1) is 29.3. The lowest BCUT2D eigenvalue weighted by molar-refractivity contribution is -0.193. The summed E-state index contributed by atoms with van der Waals surface area (Å²) in [6, 6.07) is 2.21. The molecule has 16 heteroatoms. The van der Waals surface area contributed by atoms with Gasteiger partial charge in [-0.25, -0.2) is 14.3 Å². The highest BCUT2D eigenvalue weighted by molar-refractivity contribution is 7.07. The van der Waals surface area contributed by atoms with E-state index < -0.39 is 24.3 Å². The van der Waals surface area contributed by atoms with Crippen LogP contribution in [0, 0.1) is 0 Å². The second-order valence-corrected chi connectivity index (χ2v) is 8.03. The Balaban J connectivity index is 0.000000343. The zero-order valence-corrected chi connectivity index (χ0v) is 18.9. The fourth-order valence-electron chi connectivity index (χ4n) is 2.65. The topological polar surface area (TPSA) is 112 Å². The van der Waals surface area contributed by atoms with E-state index >= 15 is 0 Å². The summed E-state index contributed by atoms with van der Waals surface area (Å²) in [6.07, 6.45) is -9.03. The molecule has 2 N–H and O–H groups in total. The van der Waals surface area contributed by atoms with Gasteiger partial charge in [0, 0.05) is 32.7 Å². The van der Waals surface area contributed by atoms with Gasteiger partial charge < -0.3 is 15.1 Å². The van der Waals surface area contributed by atoms with Crippen molar-refractivity contribution < 1.29 is 46.1 Å². The minimum atomic E-state index is -5.08. The standard InChI is InChI=1S/C14H21N5S.2C2HF3O2/c1-17(2)9-13-14-10-18(8-12-4-7-20-11-12)5-3-6-19(14)16-15-13;2*3-2(4,5)1(6)7/h4,7,11H,3,5-6,8-10H2,1-2H3;2*(H,6,7). The normalized spacial score (nSPS) is 14.3. The Bertz CT molecular complexity index is 891. The predicted octanol–water partition coefficient (Wildman–Crippen LogP) is 3.07. The molecule has 0 spiro atoms. The number of aryl methyl sites for hydroxylation is 1. The summed E-state index contributed by atoms with van der Waals surface area (Å²) in [5.41, 5.74) is 3.81. The van der Waals surface area contributed by atoms with Crippen LogP contribution in [-0.4, -0.2) is 79.9 Å². The molecule has 0 amide bonds. The van der Waals surface area contributed by atoms with Crippen molar-refractivity contribution in [3.05, 3.63) is 33.8 Å². The van der Waals surface area contributed by atoms with E-state index in [0.29, 0.717) is 0 Å². The van der Waals surface area contributed by atoms with Gasteiger partial charge in [0.05, 0.1) is 5.69 Å². The highest BCUT2D eigenvalue weighted by Crippen LogP contribution is 2.19. The minimum absolute atomic E-state index is 0.863. The molecule has 9 nitrogen and oxygen atoms in total. The van der Waals surface area contributed by atoms with Crippen LogP contribution in [0.5, 0.6) is 0 Å². The van der Waals surface area contributed by atoms with Crippen molar-refractivity contribution in [2.45, 2.75) is 45.0 Å². The van der Waals surface area contributed by atoms with E-state index in [0.717, 1.165) is 44.8 Å². The fourth-order valence-corrected chi connectivity index (χ4v) is 3.31. The van der Waals surface area contributed by atoms with Gasteiger partial charge in [0.25, 0.3) is 0 Å². The van der Waals surface area contributed by atoms with E-state index in [-0.39, 0.29) is 0 Å². The third kappa shape index (κ3) is 10.5. The van der Waals surface area contributed by atoms with Crippen molar-refractivity contribution in [3.63, 3.8) is 0 Å². The molecule has 0 fully saturated rings. The summed E-state index contributed by atoms with van der Waals surface area (Å²) in [5, 5.41) is 27.3. The minimum Gasteiger partial charge on any atom is -0.475 e. The molecule has 0 radical (unpaired) electrons. The van der Waals surface area contributed by atoms with Crippen molar-refractivity contribution in [3.8, 4) is 0 Å². The third-order valence-electron chi connectivity index (χ3n) is 4.07. The van der Waals surface area contributed by atoms with E-state index in [1.54, 1.807) is 11.3 Å². The molecule has 0 unspecified atom stereocenters. The summed E-state index contributed by atoms with van der Waals surface area (Å²) < 4.78 is 65.6. The highest BCUT2D eigenvalue weighted by atomic mass is 32.1. The Morgan fingerprint density at radius 2 is 1.65 bits per heavy atom. The zero-order valence-electron chi connectivity index (χ0n) is 18.1. The number of carbonyl (C=O) groups is 2. The molecule has 34 heavy (non-hydrogen) atoms. The summed E-state index contributed by atoms with van der Waals surface area (Å²) in [5.74, 6) is -5.51. The molecule has 192 valence electrons. The molecule has 2 aromatic rings. The maximum Gasteiger partial charge on any atom is 0.490 e. The second-order valence-electron chi connectivity index (χ2n) is 7.25. The van der Waals surface area contributed by atoms with Crippen molar-refractivity contribution >= 4 is 23.3 Å². The number of rotatable bonds is 4. The first-order chi connectivity index (χ1) is 15.6. The summed E-state index contributed by atoms with van der Waals surface area (Å²) in [6.45, 7) is 4.94. The average Bonchev–Trinajstić information content (AvgIpc) is 3.27. The molecule has 3 rings (SSSR count). The number of thiophene rings is 1. The van der Waals surface area contributed by atoms with E-state index in [1.807, 2.05) is 0 Å². The van der Waals surface area contributed by atoms with E-state index in [1.165, 1.54) is 11.3 Å². The molecular formula is C18H23F6N5O4S. The molecule has 2 aromatic heterocycles. The summed E-state index contributed by atoms with van der Waals surface area (Å²) in [4.78, 5) is 22.4. The first-order valence-corrected chi connectivity index (χ1v) is 10.4. The first-order valence-electron chi connectivity index (χ1n) is 9.50. The Morgan fingerprint density at radius 3 is 2.09 bits per heavy atom. The molecule has 0 bridgehead atoms. The number of nitrogens with zero attached hydrogens (tertiary/aromatic N) is 5. The second kappa shape index (κ2) is 12.7. The smallest absolute Gasteiger partial charge is 0.475 e. The monoisotopic (exact) mass is 519 g/mol. The molecule has 3 heterocycles. The Morgan fingerprint density at radius 1 is 1.09 bits per heavy atom. The van der Waals surface area contributed by atoms with Gasteiger partial charge in [-0.3, -0.25) is 4.90 Å². The van der Waals surface area contributed by atoms with Crippen molar-refractivity contribution in [1.29, 1.82) is 0 Å².